The van der Waals surface area contributed by atoms with E-state index in [0.717, 1.165) is 24.0 Å². The number of aromatic nitrogens is 2. The molecule has 0 aliphatic heterocycles. The quantitative estimate of drug-likeness (QED) is 0.568. The number of aliphatic carboxylic acids is 1. The Kier molecular flexibility index (Phi) is 5.90. The standard InChI is InChI=1S/C23H28N4O5/c1-4-27-11-16(20(26-27)22(29)24-10-13-6-5-9-32-13)25-21(28)18-14-7-8-15(17(14)12(2)3)19(18)23(30)31/h5-6,9,11,14-15,18-19H,4,7-8,10H2,1-3H3,(H,24,29)(H,25,28)(H,30,31)/t14-,15+,18+,19+/m1/s1. The van der Waals surface area contributed by atoms with Crippen molar-refractivity contribution >= 4 is 23.5 Å². The lowest BCUT2D eigenvalue weighted by molar-refractivity contribution is -0.148. The molecule has 2 amide bonds. The van der Waals surface area contributed by atoms with Crippen molar-refractivity contribution in [2.45, 2.75) is 46.7 Å². The predicted octanol–water partition coefficient (Wildman–Crippen LogP) is 3.06. The van der Waals surface area contributed by atoms with Gasteiger partial charge in [-0.25, -0.2) is 0 Å². The molecular weight excluding hydrogens is 412 g/mol. The smallest absolute Gasteiger partial charge is 0.307 e. The molecule has 0 spiro atoms. The Bertz CT molecular complexity index is 1060. The molecule has 4 atom stereocenters. The number of allylic oxidation sites excluding steroid dienone is 2. The Labute approximate surface area is 185 Å². The fourth-order valence-electron chi connectivity index (χ4n) is 5.33. The van der Waals surface area contributed by atoms with E-state index in [2.05, 4.69) is 15.7 Å². The first kappa shape index (κ1) is 21.9. The Morgan fingerprint density at radius 2 is 1.94 bits per heavy atom. The molecule has 2 aromatic heterocycles. The van der Waals surface area contributed by atoms with Gasteiger partial charge in [0.25, 0.3) is 5.91 Å². The van der Waals surface area contributed by atoms with Gasteiger partial charge in [-0.1, -0.05) is 11.1 Å². The minimum atomic E-state index is -0.947. The van der Waals surface area contributed by atoms with Crippen LogP contribution < -0.4 is 10.6 Å². The molecular formula is C23H28N4O5. The monoisotopic (exact) mass is 440 g/mol. The Balaban J connectivity index is 1.56. The average molecular weight is 441 g/mol. The maximum Gasteiger partial charge on any atom is 0.307 e. The highest BCUT2D eigenvalue weighted by Crippen LogP contribution is 2.57. The number of amides is 2. The summed E-state index contributed by atoms with van der Waals surface area (Å²) in [5, 5.41) is 19.7. The molecule has 170 valence electrons. The van der Waals surface area contributed by atoms with E-state index in [4.69, 9.17) is 4.42 Å². The Morgan fingerprint density at radius 3 is 2.53 bits per heavy atom. The number of aryl methyl sites for hydroxylation is 1. The second-order valence-corrected chi connectivity index (χ2v) is 8.63. The largest absolute Gasteiger partial charge is 0.481 e. The fraction of sp³-hybridized carbons (Fsp3) is 0.478. The highest BCUT2D eigenvalue weighted by atomic mass is 16.4. The van der Waals surface area contributed by atoms with E-state index in [1.807, 2.05) is 20.8 Å². The van der Waals surface area contributed by atoms with Crippen molar-refractivity contribution in [1.82, 2.24) is 15.1 Å². The van der Waals surface area contributed by atoms with E-state index in [-0.39, 0.29) is 35.7 Å². The van der Waals surface area contributed by atoms with Crippen molar-refractivity contribution < 1.29 is 23.9 Å². The average Bonchev–Trinajstić information content (AvgIpc) is 3.53. The molecule has 2 aliphatic carbocycles. The molecule has 2 aliphatic rings. The second kappa shape index (κ2) is 8.64. The topological polar surface area (TPSA) is 126 Å². The third-order valence-electron chi connectivity index (χ3n) is 6.57. The summed E-state index contributed by atoms with van der Waals surface area (Å²) in [5.41, 5.74) is 2.57. The van der Waals surface area contributed by atoms with Crippen molar-refractivity contribution in [3.8, 4) is 0 Å². The number of carbonyl (C=O) groups is 3. The van der Waals surface area contributed by atoms with Crippen LogP contribution in [0.5, 0.6) is 0 Å². The number of hydrogen-bond donors (Lipinski definition) is 3. The van der Waals surface area contributed by atoms with Crippen LogP contribution in [-0.4, -0.2) is 32.7 Å². The number of fused-ring (bicyclic) bond motifs is 2. The van der Waals surface area contributed by atoms with Crippen LogP contribution in [0.2, 0.25) is 0 Å². The van der Waals surface area contributed by atoms with Crippen molar-refractivity contribution in [3.05, 3.63) is 47.2 Å². The van der Waals surface area contributed by atoms with Crippen LogP contribution in [0.1, 0.15) is 49.9 Å². The first-order chi connectivity index (χ1) is 15.3. The highest BCUT2D eigenvalue weighted by molar-refractivity contribution is 6.03. The number of carboxylic acid groups (broad SMARTS) is 1. The maximum absolute atomic E-state index is 13.3. The van der Waals surface area contributed by atoms with E-state index in [9.17, 15) is 19.5 Å². The fourth-order valence-corrected chi connectivity index (χ4v) is 5.33. The van der Waals surface area contributed by atoms with Gasteiger partial charge >= 0.3 is 5.97 Å². The number of nitrogens with one attached hydrogen (secondary N) is 2. The first-order valence-electron chi connectivity index (χ1n) is 10.9. The number of hydrogen-bond acceptors (Lipinski definition) is 5. The third-order valence-corrected chi connectivity index (χ3v) is 6.57. The molecule has 2 bridgehead atoms. The summed E-state index contributed by atoms with van der Waals surface area (Å²) < 4.78 is 6.79. The zero-order valence-corrected chi connectivity index (χ0v) is 18.4. The number of carboxylic acids is 1. The van der Waals surface area contributed by atoms with Crippen LogP contribution in [0.15, 0.2) is 40.2 Å². The van der Waals surface area contributed by atoms with Gasteiger partial charge < -0.3 is 20.2 Å². The van der Waals surface area contributed by atoms with E-state index in [1.165, 1.54) is 6.26 Å². The van der Waals surface area contributed by atoms with Gasteiger partial charge in [-0.2, -0.15) is 5.10 Å². The Hall–Kier alpha value is -3.36. The minimum absolute atomic E-state index is 0.0800. The van der Waals surface area contributed by atoms with Gasteiger partial charge in [0.15, 0.2) is 5.69 Å². The zero-order chi connectivity index (χ0) is 23.0. The van der Waals surface area contributed by atoms with E-state index >= 15 is 0 Å². The van der Waals surface area contributed by atoms with Crippen molar-refractivity contribution in [3.63, 3.8) is 0 Å². The summed E-state index contributed by atoms with van der Waals surface area (Å²) in [7, 11) is 0. The van der Waals surface area contributed by atoms with Gasteiger partial charge in [-0.15, -0.1) is 0 Å². The maximum atomic E-state index is 13.3. The van der Waals surface area contributed by atoms with Crippen LogP contribution in [0.4, 0.5) is 5.69 Å². The van der Waals surface area contributed by atoms with Gasteiger partial charge in [0, 0.05) is 12.7 Å². The van der Waals surface area contributed by atoms with Crippen molar-refractivity contribution in [2.75, 3.05) is 5.32 Å². The predicted molar refractivity (Wildman–Crippen MR) is 116 cm³/mol. The van der Waals surface area contributed by atoms with Gasteiger partial charge in [-0.3, -0.25) is 19.1 Å². The van der Waals surface area contributed by atoms with E-state index in [0.29, 0.717) is 12.3 Å². The van der Waals surface area contributed by atoms with Gasteiger partial charge in [0.1, 0.15) is 5.76 Å². The van der Waals surface area contributed by atoms with Crippen molar-refractivity contribution in [2.24, 2.45) is 23.7 Å². The lowest BCUT2D eigenvalue weighted by Gasteiger charge is -2.26. The van der Waals surface area contributed by atoms with Gasteiger partial charge in [0.2, 0.25) is 5.91 Å². The molecule has 0 unspecified atom stereocenters. The number of furan rings is 1. The lowest BCUT2D eigenvalue weighted by Crippen LogP contribution is -2.38. The lowest BCUT2D eigenvalue weighted by atomic mass is 9.78. The third kappa shape index (κ3) is 3.83. The molecule has 2 aromatic rings. The second-order valence-electron chi connectivity index (χ2n) is 8.63. The molecule has 2 saturated carbocycles. The summed E-state index contributed by atoms with van der Waals surface area (Å²) in [6.45, 7) is 6.54. The van der Waals surface area contributed by atoms with Gasteiger partial charge in [-0.05, 0) is 57.6 Å². The molecule has 32 heavy (non-hydrogen) atoms. The van der Waals surface area contributed by atoms with E-state index < -0.39 is 23.7 Å². The number of anilines is 1. The summed E-state index contributed by atoms with van der Waals surface area (Å²) in [5.74, 6) is -2.78. The van der Waals surface area contributed by atoms with Crippen LogP contribution in [0.25, 0.3) is 0 Å². The number of rotatable bonds is 7. The van der Waals surface area contributed by atoms with E-state index in [1.54, 1.807) is 23.0 Å². The number of carbonyl (C=O) groups excluding carboxylic acids is 2. The summed E-state index contributed by atoms with van der Waals surface area (Å²) in [6.07, 6.45) is 4.72. The van der Waals surface area contributed by atoms with Crippen LogP contribution in [-0.2, 0) is 22.7 Å². The molecule has 9 nitrogen and oxygen atoms in total. The van der Waals surface area contributed by atoms with Crippen LogP contribution in [0.3, 0.4) is 0 Å². The molecule has 9 heteroatoms. The molecule has 0 radical (unpaired) electrons. The van der Waals surface area contributed by atoms with Gasteiger partial charge in [0.05, 0.1) is 30.3 Å². The molecule has 3 N–H and O–H groups in total. The summed E-state index contributed by atoms with van der Waals surface area (Å²) in [4.78, 5) is 38.1. The SMILES string of the molecule is CCn1cc(NC(=O)[C@@H]2[C@@H](C(=O)O)[C@H]3CC[C@@H]2C3=C(C)C)c(C(=O)NCc2ccco2)n1. The number of nitrogens with zero attached hydrogens (tertiary/aromatic N) is 2. The Morgan fingerprint density at radius 1 is 1.22 bits per heavy atom. The normalized spacial score (nSPS) is 23.9. The molecule has 4 rings (SSSR count). The minimum Gasteiger partial charge on any atom is -0.481 e. The zero-order valence-electron chi connectivity index (χ0n) is 18.4. The molecule has 0 aromatic carbocycles. The van der Waals surface area contributed by atoms with Crippen LogP contribution in [0, 0.1) is 23.7 Å². The molecule has 0 saturated heterocycles. The molecule has 2 heterocycles. The highest BCUT2D eigenvalue weighted by Gasteiger charge is 2.57. The molecule has 2 fully saturated rings. The first-order valence-corrected chi connectivity index (χ1v) is 10.9. The van der Waals surface area contributed by atoms with Crippen LogP contribution >= 0.6 is 0 Å². The summed E-state index contributed by atoms with van der Waals surface area (Å²) >= 11 is 0. The van der Waals surface area contributed by atoms with Crippen molar-refractivity contribution in [1.29, 1.82) is 0 Å². The summed E-state index contributed by atoms with van der Waals surface area (Å²) in [6, 6.07) is 3.48.